The van der Waals surface area contributed by atoms with Crippen molar-refractivity contribution in [3.63, 3.8) is 0 Å². The van der Waals surface area contributed by atoms with E-state index in [0.717, 1.165) is 54.1 Å². The number of unbranched alkanes of at least 4 members (excludes halogenated alkanes) is 1. The third kappa shape index (κ3) is 6.87. The minimum absolute atomic E-state index is 0.282. The highest BCUT2D eigenvalue weighted by atomic mass is 16.5. The average Bonchev–Trinajstić information content (AvgIpc) is 3.03. The molecule has 0 saturated carbocycles. The topological polar surface area (TPSA) is 48.0 Å². The number of fused-ring (bicyclic) bond motifs is 1. The van der Waals surface area contributed by atoms with Gasteiger partial charge in [-0.3, -0.25) is 0 Å². The van der Waals surface area contributed by atoms with E-state index in [2.05, 4.69) is 54.0 Å². The van der Waals surface area contributed by atoms with Gasteiger partial charge >= 0.3 is 5.97 Å². The summed E-state index contributed by atoms with van der Waals surface area (Å²) in [5.41, 5.74) is 4.90. The van der Waals surface area contributed by atoms with E-state index in [-0.39, 0.29) is 5.97 Å². The van der Waals surface area contributed by atoms with Crippen molar-refractivity contribution in [2.75, 3.05) is 44.9 Å². The highest BCUT2D eigenvalue weighted by Crippen LogP contribution is 2.33. The Hall–Kier alpha value is -3.23. The lowest BCUT2D eigenvalue weighted by Crippen LogP contribution is -2.25. The second kappa shape index (κ2) is 12.7. The van der Waals surface area contributed by atoms with Crippen molar-refractivity contribution >= 4 is 17.7 Å². The van der Waals surface area contributed by atoms with E-state index in [1.165, 1.54) is 7.11 Å². The molecule has 1 heterocycles. The Morgan fingerprint density at radius 1 is 1.06 bits per heavy atom. The lowest BCUT2D eigenvalue weighted by atomic mass is 10.00. The SMILES string of the molecule is CC#CCN1CCC(C(=O)OC)=Cc2cc(-c3ccc(OCCOCCCC)cc3)ccc21. The van der Waals surface area contributed by atoms with E-state index in [0.29, 0.717) is 31.8 Å². The summed E-state index contributed by atoms with van der Waals surface area (Å²) in [7, 11) is 1.42. The Morgan fingerprint density at radius 3 is 2.58 bits per heavy atom. The molecule has 0 aliphatic carbocycles. The zero-order valence-electron chi connectivity index (χ0n) is 19.9. The summed E-state index contributed by atoms with van der Waals surface area (Å²) in [5, 5.41) is 0. The van der Waals surface area contributed by atoms with Gasteiger partial charge in [0, 0.05) is 24.4 Å². The summed E-state index contributed by atoms with van der Waals surface area (Å²) in [6, 6.07) is 14.4. The summed E-state index contributed by atoms with van der Waals surface area (Å²) in [4.78, 5) is 14.5. The number of carbonyl (C=O) groups excluding carboxylic acids is 1. The van der Waals surface area contributed by atoms with Gasteiger partial charge < -0.3 is 19.1 Å². The Labute approximate surface area is 197 Å². The summed E-state index contributed by atoms with van der Waals surface area (Å²) < 4.78 is 16.3. The van der Waals surface area contributed by atoms with Crippen LogP contribution in [0.3, 0.4) is 0 Å². The molecule has 2 aromatic carbocycles. The molecule has 2 aromatic rings. The maximum Gasteiger partial charge on any atom is 0.333 e. The number of rotatable bonds is 10. The second-order valence-electron chi connectivity index (χ2n) is 7.87. The van der Waals surface area contributed by atoms with Gasteiger partial charge in [-0.2, -0.15) is 0 Å². The Bertz CT molecular complexity index is 1010. The molecule has 0 spiro atoms. The number of methoxy groups -OCH3 is 1. The summed E-state index contributed by atoms with van der Waals surface area (Å²) in [5.74, 6) is 6.64. The lowest BCUT2D eigenvalue weighted by molar-refractivity contribution is -0.136. The molecule has 0 aromatic heterocycles. The fourth-order valence-corrected chi connectivity index (χ4v) is 3.71. The number of anilines is 1. The van der Waals surface area contributed by atoms with E-state index >= 15 is 0 Å². The van der Waals surface area contributed by atoms with Crippen molar-refractivity contribution in [2.45, 2.75) is 33.1 Å². The number of carbonyl (C=O) groups is 1. The van der Waals surface area contributed by atoms with Crippen LogP contribution in [0.1, 0.15) is 38.7 Å². The molecule has 5 heteroatoms. The van der Waals surface area contributed by atoms with Gasteiger partial charge in [0.2, 0.25) is 0 Å². The Balaban J connectivity index is 1.77. The quantitative estimate of drug-likeness (QED) is 0.280. The van der Waals surface area contributed by atoms with Crippen LogP contribution in [-0.4, -0.2) is 46.0 Å². The first-order chi connectivity index (χ1) is 16.2. The molecule has 5 nitrogen and oxygen atoms in total. The monoisotopic (exact) mass is 447 g/mol. The molecule has 0 atom stereocenters. The third-order valence-corrected chi connectivity index (χ3v) is 5.57. The second-order valence-corrected chi connectivity index (χ2v) is 7.87. The molecule has 0 saturated heterocycles. The van der Waals surface area contributed by atoms with Crippen LogP contribution in [0, 0.1) is 11.8 Å². The molecule has 33 heavy (non-hydrogen) atoms. The number of ether oxygens (including phenoxy) is 3. The Kier molecular flexibility index (Phi) is 9.41. The normalized spacial score (nSPS) is 12.7. The maximum atomic E-state index is 12.2. The average molecular weight is 448 g/mol. The van der Waals surface area contributed by atoms with Crippen LogP contribution in [-0.2, 0) is 14.3 Å². The number of hydrogen-bond acceptors (Lipinski definition) is 5. The van der Waals surface area contributed by atoms with Crippen molar-refractivity contribution in [1.82, 2.24) is 0 Å². The first-order valence-corrected chi connectivity index (χ1v) is 11.5. The minimum Gasteiger partial charge on any atom is -0.491 e. The van der Waals surface area contributed by atoms with Gasteiger partial charge in [-0.1, -0.05) is 37.5 Å². The number of benzene rings is 2. The molecule has 174 valence electrons. The predicted molar refractivity (Wildman–Crippen MR) is 133 cm³/mol. The largest absolute Gasteiger partial charge is 0.491 e. The highest BCUT2D eigenvalue weighted by molar-refractivity contribution is 5.96. The molecule has 0 N–H and O–H groups in total. The zero-order chi connectivity index (χ0) is 23.5. The molecule has 0 radical (unpaired) electrons. The smallest absolute Gasteiger partial charge is 0.333 e. The number of hydrogen-bond donors (Lipinski definition) is 0. The zero-order valence-corrected chi connectivity index (χ0v) is 19.9. The van der Waals surface area contributed by atoms with Gasteiger partial charge in [0.15, 0.2) is 0 Å². The van der Waals surface area contributed by atoms with E-state index < -0.39 is 0 Å². The van der Waals surface area contributed by atoms with Crippen molar-refractivity contribution in [3.05, 3.63) is 53.6 Å². The molecular formula is C28H33NO4. The van der Waals surface area contributed by atoms with Gasteiger partial charge in [0.25, 0.3) is 0 Å². The predicted octanol–water partition coefficient (Wildman–Crippen LogP) is 5.34. The molecule has 3 rings (SSSR count). The van der Waals surface area contributed by atoms with Crippen molar-refractivity contribution in [2.24, 2.45) is 0 Å². The standard InChI is InChI=1S/C28H33NO4/c1-4-6-15-29-16-14-24(28(30)31-3)21-25-20-23(10-13-27(25)29)22-8-11-26(12-9-22)33-19-18-32-17-7-5-2/h8-13,20-21H,5,7,14-19H2,1-3H3. The molecule has 0 fully saturated rings. The molecular weight excluding hydrogens is 414 g/mol. The summed E-state index contributed by atoms with van der Waals surface area (Å²) >= 11 is 0. The van der Waals surface area contributed by atoms with Crippen LogP contribution < -0.4 is 9.64 Å². The van der Waals surface area contributed by atoms with Gasteiger partial charge in [-0.15, -0.1) is 5.92 Å². The molecule has 1 aliphatic rings. The maximum absolute atomic E-state index is 12.2. The minimum atomic E-state index is -0.282. The van der Waals surface area contributed by atoms with Crippen molar-refractivity contribution in [3.8, 4) is 28.7 Å². The molecule has 0 bridgehead atoms. The van der Waals surface area contributed by atoms with Crippen LogP contribution in [0.25, 0.3) is 17.2 Å². The lowest BCUT2D eigenvalue weighted by Gasteiger charge is -2.23. The van der Waals surface area contributed by atoms with Crippen LogP contribution in [0.15, 0.2) is 48.0 Å². The fraction of sp³-hybridized carbons (Fsp3) is 0.393. The van der Waals surface area contributed by atoms with E-state index in [4.69, 9.17) is 14.2 Å². The number of esters is 1. The van der Waals surface area contributed by atoms with E-state index in [1.807, 2.05) is 25.1 Å². The van der Waals surface area contributed by atoms with Crippen molar-refractivity contribution < 1.29 is 19.0 Å². The third-order valence-electron chi connectivity index (χ3n) is 5.57. The van der Waals surface area contributed by atoms with Gasteiger partial charge in [-0.05, 0) is 66.8 Å². The van der Waals surface area contributed by atoms with Crippen LogP contribution >= 0.6 is 0 Å². The Morgan fingerprint density at radius 2 is 1.85 bits per heavy atom. The molecule has 0 unspecified atom stereocenters. The van der Waals surface area contributed by atoms with Crippen molar-refractivity contribution in [1.29, 1.82) is 0 Å². The van der Waals surface area contributed by atoms with Crippen LogP contribution in [0.2, 0.25) is 0 Å². The number of nitrogens with zero attached hydrogens (tertiary/aromatic N) is 1. The highest BCUT2D eigenvalue weighted by Gasteiger charge is 2.20. The molecule has 1 aliphatic heterocycles. The first-order valence-electron chi connectivity index (χ1n) is 11.5. The first kappa shape index (κ1) is 24.4. The summed E-state index contributed by atoms with van der Waals surface area (Å²) in [6.45, 7) is 7.25. The van der Waals surface area contributed by atoms with E-state index in [1.54, 1.807) is 0 Å². The van der Waals surface area contributed by atoms with Gasteiger partial charge in [0.1, 0.15) is 12.4 Å². The van der Waals surface area contributed by atoms with Crippen LogP contribution in [0.4, 0.5) is 5.69 Å². The van der Waals surface area contributed by atoms with Gasteiger partial charge in [-0.25, -0.2) is 4.79 Å². The fourth-order valence-electron chi connectivity index (χ4n) is 3.71. The summed E-state index contributed by atoms with van der Waals surface area (Å²) in [6.07, 6.45) is 4.78. The van der Waals surface area contributed by atoms with Gasteiger partial charge in [0.05, 0.1) is 20.3 Å². The van der Waals surface area contributed by atoms with Crippen LogP contribution in [0.5, 0.6) is 5.75 Å². The van der Waals surface area contributed by atoms with E-state index in [9.17, 15) is 4.79 Å². The molecule has 0 amide bonds.